The Labute approximate surface area is 117 Å². The highest BCUT2D eigenvalue weighted by atomic mass is 16.5. The summed E-state index contributed by atoms with van der Waals surface area (Å²) in [5.74, 6) is 0.542. The van der Waals surface area contributed by atoms with Crippen molar-refractivity contribution in [3.63, 3.8) is 0 Å². The van der Waals surface area contributed by atoms with Crippen molar-refractivity contribution in [2.45, 2.75) is 19.8 Å². The number of hydrogen-bond donors (Lipinski definition) is 1. The molecule has 0 aliphatic carbocycles. The highest BCUT2D eigenvalue weighted by molar-refractivity contribution is 5.91. The summed E-state index contributed by atoms with van der Waals surface area (Å²) in [4.78, 5) is 25.4. The number of hydrogen-bond acceptors (Lipinski definition) is 6. The minimum atomic E-state index is -0.206. The Morgan fingerprint density at radius 1 is 1.60 bits per heavy atom. The van der Waals surface area contributed by atoms with Gasteiger partial charge in [0.1, 0.15) is 5.76 Å². The van der Waals surface area contributed by atoms with Crippen LogP contribution in [0, 0.1) is 12.8 Å². The van der Waals surface area contributed by atoms with Crippen molar-refractivity contribution in [2.75, 3.05) is 32.1 Å². The van der Waals surface area contributed by atoms with Crippen LogP contribution in [0.4, 0.5) is 5.82 Å². The molecule has 0 spiro atoms. The number of nitrogens with one attached hydrogen (secondary N) is 1. The number of esters is 1. The Bertz CT molecular complexity index is 486. The largest absolute Gasteiger partial charge is 0.469 e. The summed E-state index contributed by atoms with van der Waals surface area (Å²) in [5.41, 5.74) is 0. The molecule has 20 heavy (non-hydrogen) atoms. The third-order valence-electron chi connectivity index (χ3n) is 3.30. The number of carbonyl (C=O) groups is 2. The maximum Gasteiger partial charge on any atom is 0.309 e. The minimum absolute atomic E-state index is 0.143. The van der Waals surface area contributed by atoms with Gasteiger partial charge in [0.15, 0.2) is 5.82 Å². The molecule has 1 aliphatic heterocycles. The van der Waals surface area contributed by atoms with E-state index in [0.29, 0.717) is 18.1 Å². The van der Waals surface area contributed by atoms with Crippen LogP contribution in [0.5, 0.6) is 0 Å². The summed E-state index contributed by atoms with van der Waals surface area (Å²) in [6, 6.07) is 1.66. The molecular weight excluding hydrogens is 262 g/mol. The van der Waals surface area contributed by atoms with Gasteiger partial charge in [-0.2, -0.15) is 0 Å². The second-order valence-electron chi connectivity index (χ2n) is 4.97. The molecule has 2 rings (SSSR count). The molecule has 1 amide bonds. The van der Waals surface area contributed by atoms with Gasteiger partial charge in [0, 0.05) is 12.6 Å². The number of likely N-dealkylation sites (tertiary alicyclic amines) is 1. The van der Waals surface area contributed by atoms with E-state index in [1.165, 1.54) is 7.11 Å². The number of piperidine rings is 1. The Balaban J connectivity index is 1.83. The quantitative estimate of drug-likeness (QED) is 0.822. The molecule has 2 heterocycles. The summed E-state index contributed by atoms with van der Waals surface area (Å²) in [6.45, 7) is 3.35. The molecular formula is C13H19N3O4. The predicted molar refractivity (Wildman–Crippen MR) is 71.0 cm³/mol. The van der Waals surface area contributed by atoms with Gasteiger partial charge >= 0.3 is 5.97 Å². The molecule has 1 aromatic heterocycles. The number of carbonyl (C=O) groups excluding carboxylic acids is 2. The van der Waals surface area contributed by atoms with Gasteiger partial charge in [-0.05, 0) is 26.3 Å². The van der Waals surface area contributed by atoms with E-state index in [1.807, 2.05) is 4.90 Å². The van der Waals surface area contributed by atoms with Crippen LogP contribution >= 0.6 is 0 Å². The summed E-state index contributed by atoms with van der Waals surface area (Å²) in [7, 11) is 1.39. The van der Waals surface area contributed by atoms with E-state index in [2.05, 4.69) is 10.5 Å². The first-order valence-corrected chi connectivity index (χ1v) is 6.62. The number of nitrogens with zero attached hydrogens (tertiary/aromatic N) is 2. The van der Waals surface area contributed by atoms with Crippen LogP contribution in [0.2, 0.25) is 0 Å². The summed E-state index contributed by atoms with van der Waals surface area (Å²) >= 11 is 0. The zero-order valence-corrected chi connectivity index (χ0v) is 11.7. The van der Waals surface area contributed by atoms with E-state index in [0.717, 1.165) is 19.4 Å². The first-order valence-electron chi connectivity index (χ1n) is 6.62. The van der Waals surface area contributed by atoms with E-state index in [1.54, 1.807) is 13.0 Å². The topological polar surface area (TPSA) is 84.7 Å². The smallest absolute Gasteiger partial charge is 0.309 e. The third kappa shape index (κ3) is 3.80. The molecule has 1 N–H and O–H groups in total. The first kappa shape index (κ1) is 14.5. The molecule has 1 saturated heterocycles. The van der Waals surface area contributed by atoms with Crippen LogP contribution in [-0.4, -0.2) is 48.7 Å². The number of aryl methyl sites for hydroxylation is 1. The molecule has 7 nitrogen and oxygen atoms in total. The SMILES string of the molecule is COC(=O)[C@H]1CCCN(CC(=O)Nc2cc(C)on2)C1. The van der Waals surface area contributed by atoms with Crippen molar-refractivity contribution in [3.05, 3.63) is 11.8 Å². The van der Waals surface area contributed by atoms with Gasteiger partial charge in [0.2, 0.25) is 5.91 Å². The second-order valence-corrected chi connectivity index (χ2v) is 4.97. The van der Waals surface area contributed by atoms with Crippen molar-refractivity contribution in [2.24, 2.45) is 5.92 Å². The molecule has 0 bridgehead atoms. The first-order chi connectivity index (χ1) is 9.58. The molecule has 7 heteroatoms. The monoisotopic (exact) mass is 281 g/mol. The fourth-order valence-corrected chi connectivity index (χ4v) is 2.37. The second kappa shape index (κ2) is 6.51. The average Bonchev–Trinajstić information content (AvgIpc) is 2.83. The van der Waals surface area contributed by atoms with Crippen molar-refractivity contribution in [1.82, 2.24) is 10.1 Å². The van der Waals surface area contributed by atoms with Crippen molar-refractivity contribution in [1.29, 1.82) is 0 Å². The van der Waals surface area contributed by atoms with Crippen molar-refractivity contribution >= 4 is 17.7 Å². The highest BCUT2D eigenvalue weighted by Crippen LogP contribution is 2.17. The van der Waals surface area contributed by atoms with Gasteiger partial charge in [0.05, 0.1) is 19.6 Å². The van der Waals surface area contributed by atoms with Gasteiger partial charge in [-0.15, -0.1) is 0 Å². The number of ether oxygens (including phenoxy) is 1. The number of anilines is 1. The molecule has 1 atom stereocenters. The van der Waals surface area contributed by atoms with Crippen LogP contribution in [0.1, 0.15) is 18.6 Å². The average molecular weight is 281 g/mol. The fraction of sp³-hybridized carbons (Fsp3) is 0.615. The Kier molecular flexibility index (Phi) is 4.73. The Morgan fingerprint density at radius 3 is 3.05 bits per heavy atom. The van der Waals surface area contributed by atoms with Gasteiger partial charge < -0.3 is 14.6 Å². The lowest BCUT2D eigenvalue weighted by molar-refractivity contribution is -0.147. The fourth-order valence-electron chi connectivity index (χ4n) is 2.37. The van der Waals surface area contributed by atoms with Crippen LogP contribution in [0.15, 0.2) is 10.6 Å². The van der Waals surface area contributed by atoms with Crippen molar-refractivity contribution < 1.29 is 18.8 Å². The maximum absolute atomic E-state index is 11.9. The number of aromatic nitrogens is 1. The third-order valence-corrected chi connectivity index (χ3v) is 3.30. The lowest BCUT2D eigenvalue weighted by Gasteiger charge is -2.30. The molecule has 1 fully saturated rings. The molecule has 110 valence electrons. The van der Waals surface area contributed by atoms with E-state index in [-0.39, 0.29) is 24.3 Å². The predicted octanol–water partition coefficient (Wildman–Crippen LogP) is 0.807. The van der Waals surface area contributed by atoms with Crippen molar-refractivity contribution in [3.8, 4) is 0 Å². The molecule has 1 aliphatic rings. The van der Waals surface area contributed by atoms with E-state index in [4.69, 9.17) is 9.26 Å². The van der Waals surface area contributed by atoms with E-state index in [9.17, 15) is 9.59 Å². The highest BCUT2D eigenvalue weighted by Gasteiger charge is 2.27. The normalized spacial score (nSPS) is 19.6. The lowest BCUT2D eigenvalue weighted by Crippen LogP contribution is -2.42. The van der Waals surface area contributed by atoms with Crippen LogP contribution in [-0.2, 0) is 14.3 Å². The van der Waals surface area contributed by atoms with Gasteiger partial charge in [-0.1, -0.05) is 5.16 Å². The summed E-state index contributed by atoms with van der Waals surface area (Å²) < 4.78 is 9.63. The van der Waals surface area contributed by atoms with Gasteiger partial charge in [-0.3, -0.25) is 14.5 Å². The van der Waals surface area contributed by atoms with Crippen LogP contribution < -0.4 is 5.32 Å². The zero-order valence-electron chi connectivity index (χ0n) is 11.7. The van der Waals surface area contributed by atoms with Gasteiger partial charge in [-0.25, -0.2) is 0 Å². The van der Waals surface area contributed by atoms with Crippen LogP contribution in [0.3, 0.4) is 0 Å². The summed E-state index contributed by atoms with van der Waals surface area (Å²) in [5, 5.41) is 6.37. The molecule has 1 aromatic rings. The Morgan fingerprint density at radius 2 is 2.40 bits per heavy atom. The minimum Gasteiger partial charge on any atom is -0.469 e. The van der Waals surface area contributed by atoms with Crippen LogP contribution in [0.25, 0.3) is 0 Å². The molecule has 0 unspecified atom stereocenters. The van der Waals surface area contributed by atoms with E-state index >= 15 is 0 Å². The standard InChI is InChI=1S/C13H19N3O4/c1-9-6-11(15-20-9)14-12(17)8-16-5-3-4-10(7-16)13(18)19-2/h6,10H,3-5,7-8H2,1-2H3,(H,14,15,17)/t10-/m0/s1. The Hall–Kier alpha value is -1.89. The number of amides is 1. The molecule has 0 saturated carbocycles. The summed E-state index contributed by atoms with van der Waals surface area (Å²) in [6.07, 6.45) is 1.70. The van der Waals surface area contributed by atoms with Gasteiger partial charge in [0.25, 0.3) is 0 Å². The van der Waals surface area contributed by atoms with E-state index < -0.39 is 0 Å². The number of rotatable bonds is 4. The lowest BCUT2D eigenvalue weighted by atomic mass is 9.98. The maximum atomic E-state index is 11.9. The molecule has 0 aromatic carbocycles. The number of methoxy groups -OCH3 is 1. The zero-order chi connectivity index (χ0) is 14.5. The molecule has 0 radical (unpaired) electrons.